The first-order chi connectivity index (χ1) is 9.46. The van der Waals surface area contributed by atoms with E-state index in [1.54, 1.807) is 0 Å². The van der Waals surface area contributed by atoms with Crippen LogP contribution < -0.4 is 10.9 Å². The fourth-order valence-electron chi connectivity index (χ4n) is 2.35. The molecule has 0 spiro atoms. The summed E-state index contributed by atoms with van der Waals surface area (Å²) in [4.78, 5) is 25.0. The van der Waals surface area contributed by atoms with E-state index in [9.17, 15) is 18.0 Å². The van der Waals surface area contributed by atoms with Gasteiger partial charge in [-0.3, -0.25) is 9.59 Å². The second-order valence-corrected chi connectivity index (χ2v) is 7.34. The van der Waals surface area contributed by atoms with Crippen molar-refractivity contribution < 1.29 is 13.2 Å². The lowest BCUT2D eigenvalue weighted by Crippen LogP contribution is -2.25. The molecule has 1 amide bonds. The van der Waals surface area contributed by atoms with Crippen LogP contribution in [0.2, 0.25) is 0 Å². The van der Waals surface area contributed by atoms with Gasteiger partial charge >= 0.3 is 0 Å². The monoisotopic (exact) mass is 298 g/mol. The van der Waals surface area contributed by atoms with Crippen LogP contribution in [-0.2, 0) is 9.84 Å². The molecule has 1 saturated heterocycles. The Kier molecular flexibility index (Phi) is 4.59. The third kappa shape index (κ3) is 4.19. The number of carbonyl (C=O) groups excluding carboxylic acids is 1. The van der Waals surface area contributed by atoms with Crippen molar-refractivity contribution in [2.24, 2.45) is 5.92 Å². The number of aromatic amines is 1. The smallest absolute Gasteiger partial charge is 0.252 e. The largest absolute Gasteiger partial charge is 0.352 e. The van der Waals surface area contributed by atoms with Crippen molar-refractivity contribution in [1.29, 1.82) is 0 Å². The van der Waals surface area contributed by atoms with Gasteiger partial charge in [-0.1, -0.05) is 0 Å². The van der Waals surface area contributed by atoms with E-state index in [0.717, 1.165) is 19.3 Å². The molecule has 2 rings (SSSR count). The molecule has 0 radical (unpaired) electrons. The van der Waals surface area contributed by atoms with Gasteiger partial charge in [0.05, 0.1) is 17.1 Å². The number of rotatable bonds is 5. The van der Waals surface area contributed by atoms with Crippen LogP contribution in [0.1, 0.15) is 29.6 Å². The quantitative estimate of drug-likeness (QED) is 0.765. The van der Waals surface area contributed by atoms with Gasteiger partial charge in [-0.05, 0) is 31.2 Å². The maximum atomic E-state index is 11.7. The molecule has 1 aromatic rings. The Hall–Kier alpha value is -1.63. The van der Waals surface area contributed by atoms with Gasteiger partial charge < -0.3 is 10.3 Å². The van der Waals surface area contributed by atoms with E-state index in [1.807, 2.05) is 0 Å². The Labute approximate surface area is 117 Å². The molecule has 2 heterocycles. The summed E-state index contributed by atoms with van der Waals surface area (Å²) in [6.07, 6.45) is 3.68. The third-order valence-corrected chi connectivity index (χ3v) is 5.28. The fourth-order valence-corrected chi connectivity index (χ4v) is 4.26. The molecule has 0 aromatic carbocycles. The first-order valence-corrected chi connectivity index (χ1v) is 8.46. The molecule has 1 fully saturated rings. The molecule has 0 aliphatic carbocycles. The van der Waals surface area contributed by atoms with E-state index in [-0.39, 0.29) is 23.1 Å². The van der Waals surface area contributed by atoms with Crippen molar-refractivity contribution in [3.8, 4) is 0 Å². The van der Waals surface area contributed by atoms with Crippen molar-refractivity contribution in [3.05, 3.63) is 34.2 Å². The van der Waals surface area contributed by atoms with Gasteiger partial charge in [0.25, 0.3) is 5.91 Å². The van der Waals surface area contributed by atoms with Crippen molar-refractivity contribution in [3.63, 3.8) is 0 Å². The third-order valence-electron chi connectivity index (χ3n) is 3.45. The molecule has 2 N–H and O–H groups in total. The Morgan fingerprint density at radius 2 is 2.20 bits per heavy atom. The molecule has 1 unspecified atom stereocenters. The van der Waals surface area contributed by atoms with Crippen LogP contribution in [0.15, 0.2) is 23.1 Å². The second kappa shape index (κ2) is 6.21. The van der Waals surface area contributed by atoms with Crippen LogP contribution in [0.5, 0.6) is 0 Å². The SMILES string of the molecule is O=C(NCCCC1CCS(=O)(=O)C1)c1ccc(=O)[nH]c1. The van der Waals surface area contributed by atoms with E-state index >= 15 is 0 Å². The lowest BCUT2D eigenvalue weighted by molar-refractivity contribution is 0.0952. The summed E-state index contributed by atoms with van der Waals surface area (Å²) in [5.74, 6) is 0.563. The minimum absolute atomic E-state index is 0.227. The summed E-state index contributed by atoms with van der Waals surface area (Å²) in [6.45, 7) is 0.508. The number of amides is 1. The molecular weight excluding hydrogens is 280 g/mol. The van der Waals surface area contributed by atoms with Crippen molar-refractivity contribution in [2.75, 3.05) is 18.1 Å². The van der Waals surface area contributed by atoms with Crippen molar-refractivity contribution in [2.45, 2.75) is 19.3 Å². The van der Waals surface area contributed by atoms with Crippen LogP contribution >= 0.6 is 0 Å². The van der Waals surface area contributed by atoms with Crippen LogP contribution in [0.3, 0.4) is 0 Å². The predicted octanol–water partition coefficient (Wildman–Crippen LogP) is 0.320. The zero-order valence-electron chi connectivity index (χ0n) is 11.1. The Balaban J connectivity index is 1.70. The number of pyridine rings is 1. The highest BCUT2D eigenvalue weighted by Crippen LogP contribution is 2.22. The van der Waals surface area contributed by atoms with Gasteiger partial charge in [0, 0.05) is 18.8 Å². The van der Waals surface area contributed by atoms with E-state index in [0.29, 0.717) is 17.9 Å². The summed E-state index contributed by atoms with van der Waals surface area (Å²) >= 11 is 0. The minimum atomic E-state index is -2.82. The highest BCUT2D eigenvalue weighted by Gasteiger charge is 2.27. The molecule has 0 bridgehead atoms. The summed E-state index contributed by atoms with van der Waals surface area (Å²) in [5, 5.41) is 2.75. The van der Waals surface area contributed by atoms with E-state index in [1.165, 1.54) is 18.3 Å². The second-order valence-electron chi connectivity index (χ2n) is 5.11. The lowest BCUT2D eigenvalue weighted by atomic mass is 10.0. The maximum absolute atomic E-state index is 11.7. The summed E-state index contributed by atoms with van der Waals surface area (Å²) in [6, 6.07) is 2.77. The highest BCUT2D eigenvalue weighted by molar-refractivity contribution is 7.91. The number of aromatic nitrogens is 1. The van der Waals surface area contributed by atoms with Crippen LogP contribution in [0.4, 0.5) is 0 Å². The molecular formula is C13H18N2O4S. The minimum Gasteiger partial charge on any atom is -0.352 e. The standard InChI is InChI=1S/C13H18N2O4S/c16-12-4-3-11(8-15-12)13(17)14-6-1-2-10-5-7-20(18,19)9-10/h3-4,8,10H,1-2,5-7,9H2,(H,14,17)(H,15,16). The molecule has 1 atom stereocenters. The van der Waals surface area contributed by atoms with Gasteiger partial charge in [-0.25, -0.2) is 8.42 Å². The van der Waals surface area contributed by atoms with Gasteiger partial charge in [0.1, 0.15) is 0 Å². The fraction of sp³-hybridized carbons (Fsp3) is 0.538. The lowest BCUT2D eigenvalue weighted by Gasteiger charge is -2.08. The molecule has 1 aromatic heterocycles. The molecule has 1 aliphatic rings. The number of hydrogen-bond donors (Lipinski definition) is 2. The van der Waals surface area contributed by atoms with Crippen molar-refractivity contribution >= 4 is 15.7 Å². The van der Waals surface area contributed by atoms with E-state index in [2.05, 4.69) is 10.3 Å². The first-order valence-electron chi connectivity index (χ1n) is 6.64. The molecule has 1 aliphatic heterocycles. The Morgan fingerprint density at radius 3 is 2.80 bits per heavy atom. The topological polar surface area (TPSA) is 96.1 Å². The maximum Gasteiger partial charge on any atom is 0.252 e. The summed E-state index contributed by atoms with van der Waals surface area (Å²) in [7, 11) is -2.82. The van der Waals surface area contributed by atoms with Gasteiger partial charge in [0.2, 0.25) is 5.56 Å². The summed E-state index contributed by atoms with van der Waals surface area (Å²) < 4.78 is 22.6. The number of nitrogens with one attached hydrogen (secondary N) is 2. The Morgan fingerprint density at radius 1 is 1.40 bits per heavy atom. The molecule has 110 valence electrons. The molecule has 0 saturated carbocycles. The number of carbonyl (C=O) groups is 1. The average molecular weight is 298 g/mol. The number of hydrogen-bond acceptors (Lipinski definition) is 4. The van der Waals surface area contributed by atoms with Gasteiger partial charge in [-0.2, -0.15) is 0 Å². The molecule has 20 heavy (non-hydrogen) atoms. The number of sulfone groups is 1. The zero-order chi connectivity index (χ0) is 14.6. The van der Waals surface area contributed by atoms with Crippen LogP contribution in [0, 0.1) is 5.92 Å². The normalized spacial score (nSPS) is 20.7. The van der Waals surface area contributed by atoms with Gasteiger partial charge in [-0.15, -0.1) is 0 Å². The highest BCUT2D eigenvalue weighted by atomic mass is 32.2. The van der Waals surface area contributed by atoms with Crippen molar-refractivity contribution in [1.82, 2.24) is 10.3 Å². The van der Waals surface area contributed by atoms with E-state index < -0.39 is 9.84 Å². The molecule has 7 heteroatoms. The number of H-pyrrole nitrogens is 1. The zero-order valence-corrected chi connectivity index (χ0v) is 11.9. The van der Waals surface area contributed by atoms with Crippen LogP contribution in [-0.4, -0.2) is 37.4 Å². The Bertz CT molecular complexity index is 616. The molecule has 6 nitrogen and oxygen atoms in total. The average Bonchev–Trinajstić information content (AvgIpc) is 2.75. The van der Waals surface area contributed by atoms with E-state index in [4.69, 9.17) is 0 Å². The first kappa shape index (κ1) is 14.8. The predicted molar refractivity (Wildman–Crippen MR) is 75.4 cm³/mol. The summed E-state index contributed by atoms with van der Waals surface area (Å²) in [5.41, 5.74) is 0.164. The van der Waals surface area contributed by atoms with Gasteiger partial charge in [0.15, 0.2) is 9.84 Å². The van der Waals surface area contributed by atoms with Crippen LogP contribution in [0.25, 0.3) is 0 Å².